The van der Waals surface area contributed by atoms with Gasteiger partial charge in [-0.2, -0.15) is 0 Å². The van der Waals surface area contributed by atoms with Gasteiger partial charge in [0.2, 0.25) is 0 Å². The van der Waals surface area contributed by atoms with Crippen molar-refractivity contribution in [2.75, 3.05) is 24.3 Å². The van der Waals surface area contributed by atoms with Crippen molar-refractivity contribution in [2.24, 2.45) is 0 Å². The molecule has 1 aliphatic heterocycles. The Kier molecular flexibility index (Phi) is 2.86. The summed E-state index contributed by atoms with van der Waals surface area (Å²) in [5.74, 6) is 0.648. The Hall–Kier alpha value is -1.42. The Morgan fingerprint density at radius 2 is 2.21 bits per heavy atom. The van der Waals surface area contributed by atoms with Crippen molar-refractivity contribution in [1.82, 2.24) is 0 Å². The lowest BCUT2D eigenvalue weighted by Gasteiger charge is -2.25. The van der Waals surface area contributed by atoms with E-state index >= 15 is 0 Å². The van der Waals surface area contributed by atoms with E-state index in [0.717, 1.165) is 5.69 Å². The van der Waals surface area contributed by atoms with E-state index in [1.54, 1.807) is 30.1 Å². The smallest absolute Gasteiger partial charge is 0.264 e. The molecule has 4 nitrogen and oxygen atoms in total. The SMILES string of the molecule is CN1C(=O)COc2ccc(N)cc21.Cl. The van der Waals surface area contributed by atoms with Crippen LogP contribution >= 0.6 is 12.4 Å². The molecular weight excluding hydrogens is 204 g/mol. The molecule has 0 saturated carbocycles. The summed E-state index contributed by atoms with van der Waals surface area (Å²) in [7, 11) is 1.71. The number of likely N-dealkylation sites (N-methyl/N-ethyl adjacent to an activating group) is 1. The second-order valence-corrected chi connectivity index (χ2v) is 2.97. The molecule has 1 aliphatic rings. The quantitative estimate of drug-likeness (QED) is 0.657. The van der Waals surface area contributed by atoms with Crippen molar-refractivity contribution in [1.29, 1.82) is 0 Å². The maximum Gasteiger partial charge on any atom is 0.264 e. The van der Waals surface area contributed by atoms with Gasteiger partial charge >= 0.3 is 0 Å². The van der Waals surface area contributed by atoms with E-state index in [4.69, 9.17) is 10.5 Å². The molecule has 14 heavy (non-hydrogen) atoms. The van der Waals surface area contributed by atoms with Crippen LogP contribution in [0.4, 0.5) is 11.4 Å². The highest BCUT2D eigenvalue weighted by atomic mass is 35.5. The number of anilines is 2. The maximum atomic E-state index is 11.2. The Labute approximate surface area is 88.0 Å². The van der Waals surface area contributed by atoms with Crippen molar-refractivity contribution >= 4 is 29.7 Å². The van der Waals surface area contributed by atoms with E-state index in [-0.39, 0.29) is 24.9 Å². The largest absolute Gasteiger partial charge is 0.482 e. The standard InChI is InChI=1S/C9H10N2O2.ClH/c1-11-7-4-6(10)2-3-8(7)13-5-9(11)12;/h2-4H,5,10H2,1H3;1H. The van der Waals surface area contributed by atoms with Gasteiger partial charge in [-0.05, 0) is 18.2 Å². The average Bonchev–Trinajstić information content (AvgIpc) is 2.12. The lowest BCUT2D eigenvalue weighted by Crippen LogP contribution is -2.35. The molecule has 0 unspecified atom stereocenters. The second-order valence-electron chi connectivity index (χ2n) is 2.97. The number of nitrogens with zero attached hydrogens (tertiary/aromatic N) is 1. The van der Waals surface area contributed by atoms with Gasteiger partial charge < -0.3 is 15.4 Å². The molecule has 0 fully saturated rings. The Bertz CT molecular complexity index is 368. The van der Waals surface area contributed by atoms with Crippen LogP contribution < -0.4 is 15.4 Å². The first-order valence-electron chi connectivity index (χ1n) is 3.97. The minimum absolute atomic E-state index is 0. The van der Waals surface area contributed by atoms with Crippen molar-refractivity contribution in [3.8, 4) is 5.75 Å². The normalized spacial score (nSPS) is 14.1. The Balaban J connectivity index is 0.000000980. The molecule has 1 heterocycles. The van der Waals surface area contributed by atoms with E-state index in [1.165, 1.54) is 0 Å². The number of benzene rings is 1. The summed E-state index contributed by atoms with van der Waals surface area (Å²) in [6.45, 7) is 0.105. The molecular formula is C9H11ClN2O2. The second kappa shape index (κ2) is 3.75. The summed E-state index contributed by atoms with van der Waals surface area (Å²) in [6.07, 6.45) is 0. The van der Waals surface area contributed by atoms with Gasteiger partial charge in [-0.15, -0.1) is 12.4 Å². The molecule has 1 aromatic carbocycles. The van der Waals surface area contributed by atoms with Crippen molar-refractivity contribution in [3.05, 3.63) is 18.2 Å². The van der Waals surface area contributed by atoms with Gasteiger partial charge in [0.05, 0.1) is 5.69 Å². The van der Waals surface area contributed by atoms with E-state index < -0.39 is 0 Å². The number of carbonyl (C=O) groups is 1. The van der Waals surface area contributed by atoms with Crippen molar-refractivity contribution < 1.29 is 9.53 Å². The summed E-state index contributed by atoms with van der Waals surface area (Å²) in [5, 5.41) is 0. The predicted octanol–water partition coefficient (Wildman–Crippen LogP) is 1.05. The molecule has 76 valence electrons. The molecule has 0 atom stereocenters. The van der Waals surface area contributed by atoms with Gasteiger partial charge in [-0.1, -0.05) is 0 Å². The van der Waals surface area contributed by atoms with Crippen LogP contribution in [0.25, 0.3) is 0 Å². The van der Waals surface area contributed by atoms with Gasteiger partial charge in [-0.3, -0.25) is 4.79 Å². The van der Waals surface area contributed by atoms with E-state index in [1.807, 2.05) is 0 Å². The molecule has 2 rings (SSSR count). The Morgan fingerprint density at radius 1 is 1.50 bits per heavy atom. The van der Waals surface area contributed by atoms with Crippen LogP contribution in [0, 0.1) is 0 Å². The number of fused-ring (bicyclic) bond motifs is 1. The third-order valence-electron chi connectivity index (χ3n) is 2.07. The van der Waals surface area contributed by atoms with Gasteiger partial charge in [-0.25, -0.2) is 0 Å². The lowest BCUT2D eigenvalue weighted by molar-refractivity contribution is -0.120. The highest BCUT2D eigenvalue weighted by molar-refractivity contribution is 5.97. The number of halogens is 1. The lowest BCUT2D eigenvalue weighted by atomic mass is 10.2. The van der Waals surface area contributed by atoms with Gasteiger partial charge in [0.1, 0.15) is 5.75 Å². The zero-order valence-electron chi connectivity index (χ0n) is 7.69. The topological polar surface area (TPSA) is 55.6 Å². The maximum absolute atomic E-state index is 11.2. The fraction of sp³-hybridized carbons (Fsp3) is 0.222. The van der Waals surface area contributed by atoms with Crippen LogP contribution in [0.5, 0.6) is 5.75 Å². The first-order chi connectivity index (χ1) is 6.18. The summed E-state index contributed by atoms with van der Waals surface area (Å²) in [5.41, 5.74) is 6.96. The number of nitrogen functional groups attached to an aromatic ring is 1. The molecule has 0 spiro atoms. The number of hydrogen-bond acceptors (Lipinski definition) is 3. The van der Waals surface area contributed by atoms with Crippen LogP contribution in [0.1, 0.15) is 0 Å². The van der Waals surface area contributed by atoms with Crippen LogP contribution in [-0.4, -0.2) is 19.6 Å². The number of hydrogen-bond donors (Lipinski definition) is 1. The number of carbonyl (C=O) groups excluding carboxylic acids is 1. The molecule has 0 bridgehead atoms. The first-order valence-corrected chi connectivity index (χ1v) is 3.97. The Morgan fingerprint density at radius 3 is 2.93 bits per heavy atom. The molecule has 1 aromatic rings. The van der Waals surface area contributed by atoms with Gasteiger partial charge in [0.25, 0.3) is 5.91 Å². The highest BCUT2D eigenvalue weighted by Gasteiger charge is 2.21. The minimum atomic E-state index is -0.0573. The van der Waals surface area contributed by atoms with Gasteiger partial charge in [0.15, 0.2) is 6.61 Å². The summed E-state index contributed by atoms with van der Waals surface area (Å²) in [6, 6.07) is 5.25. The number of ether oxygens (including phenoxy) is 1. The van der Waals surface area contributed by atoms with E-state index in [2.05, 4.69) is 0 Å². The van der Waals surface area contributed by atoms with Crippen molar-refractivity contribution in [2.45, 2.75) is 0 Å². The first kappa shape index (κ1) is 10.7. The van der Waals surface area contributed by atoms with E-state index in [9.17, 15) is 4.79 Å². The zero-order chi connectivity index (χ0) is 9.42. The van der Waals surface area contributed by atoms with Gasteiger partial charge in [0, 0.05) is 12.7 Å². The van der Waals surface area contributed by atoms with Crippen LogP contribution in [-0.2, 0) is 4.79 Å². The number of rotatable bonds is 0. The molecule has 2 N–H and O–H groups in total. The monoisotopic (exact) mass is 214 g/mol. The molecule has 0 aromatic heterocycles. The fourth-order valence-electron chi connectivity index (χ4n) is 1.29. The molecule has 0 saturated heterocycles. The summed E-state index contributed by atoms with van der Waals surface area (Å²) < 4.78 is 5.21. The number of nitrogens with two attached hydrogens (primary N) is 1. The summed E-state index contributed by atoms with van der Waals surface area (Å²) >= 11 is 0. The number of amides is 1. The fourth-order valence-corrected chi connectivity index (χ4v) is 1.29. The third-order valence-corrected chi connectivity index (χ3v) is 2.07. The van der Waals surface area contributed by atoms with Crippen LogP contribution in [0.2, 0.25) is 0 Å². The summed E-state index contributed by atoms with van der Waals surface area (Å²) in [4.78, 5) is 12.8. The molecule has 1 amide bonds. The zero-order valence-corrected chi connectivity index (χ0v) is 8.50. The molecule has 0 aliphatic carbocycles. The predicted molar refractivity (Wildman–Crippen MR) is 57.0 cm³/mol. The van der Waals surface area contributed by atoms with E-state index in [0.29, 0.717) is 11.4 Å². The third kappa shape index (κ3) is 1.61. The minimum Gasteiger partial charge on any atom is -0.482 e. The van der Waals surface area contributed by atoms with Crippen molar-refractivity contribution in [3.63, 3.8) is 0 Å². The van der Waals surface area contributed by atoms with Crippen LogP contribution in [0.3, 0.4) is 0 Å². The molecule has 0 radical (unpaired) electrons. The molecule has 5 heteroatoms. The highest BCUT2D eigenvalue weighted by Crippen LogP contribution is 2.32. The van der Waals surface area contributed by atoms with Crippen LogP contribution in [0.15, 0.2) is 18.2 Å². The average molecular weight is 215 g/mol.